The Balaban J connectivity index is 1.85. The topological polar surface area (TPSA) is 26.0 Å². The number of halogens is 3. The van der Waals surface area contributed by atoms with Crippen molar-refractivity contribution in [1.82, 2.24) is 0 Å². The first-order valence-corrected chi connectivity index (χ1v) is 7.29. The van der Waals surface area contributed by atoms with Gasteiger partial charge in [0.25, 0.3) is 0 Å². The van der Waals surface area contributed by atoms with Crippen molar-refractivity contribution in [2.45, 2.75) is 31.7 Å². The highest BCUT2D eigenvalue weighted by Crippen LogP contribution is 2.59. The lowest BCUT2D eigenvalue weighted by Gasteiger charge is -2.14. The first-order valence-electron chi connectivity index (χ1n) is 6.49. The lowest BCUT2D eigenvalue weighted by molar-refractivity contribution is 0.480. The molecule has 0 aromatic heterocycles. The number of hydrogen-bond donors (Lipinski definition) is 1. The van der Waals surface area contributed by atoms with E-state index in [0.29, 0.717) is 23.3 Å². The monoisotopic (exact) mass is 315 g/mol. The second-order valence-corrected chi connectivity index (χ2v) is 6.36. The molecule has 0 radical (unpaired) electrons. The highest BCUT2D eigenvalue weighted by Gasteiger charge is 2.53. The standard InChI is InChI=1S/C14H16BrF2N/c15-10-6-11(16)9(5-12(10)17)14(18)13-7-3-1-2-4-8(7)13/h5-8,13-14H,1-4,18H2. The summed E-state index contributed by atoms with van der Waals surface area (Å²) in [6, 6.07) is 2.06. The molecule has 4 heteroatoms. The van der Waals surface area contributed by atoms with Gasteiger partial charge in [0.15, 0.2) is 0 Å². The predicted octanol–water partition coefficient (Wildman–Crippen LogP) is 4.16. The minimum Gasteiger partial charge on any atom is -0.324 e. The van der Waals surface area contributed by atoms with E-state index in [2.05, 4.69) is 15.9 Å². The molecule has 2 saturated carbocycles. The Morgan fingerprint density at radius 2 is 1.72 bits per heavy atom. The SMILES string of the molecule is NC(c1cc(F)c(Br)cc1F)C1C2CCCCC21. The Morgan fingerprint density at radius 1 is 1.11 bits per heavy atom. The summed E-state index contributed by atoms with van der Waals surface area (Å²) in [5, 5.41) is 0. The highest BCUT2D eigenvalue weighted by molar-refractivity contribution is 9.10. The number of benzene rings is 1. The molecular weight excluding hydrogens is 300 g/mol. The normalized spacial score (nSPS) is 31.9. The Morgan fingerprint density at radius 3 is 2.33 bits per heavy atom. The third-order valence-corrected chi connectivity index (χ3v) is 5.14. The van der Waals surface area contributed by atoms with Gasteiger partial charge < -0.3 is 5.73 Å². The Kier molecular flexibility index (Phi) is 3.18. The molecule has 0 bridgehead atoms. The van der Waals surface area contributed by atoms with E-state index in [9.17, 15) is 8.78 Å². The molecule has 2 N–H and O–H groups in total. The zero-order valence-electron chi connectivity index (χ0n) is 10.0. The second-order valence-electron chi connectivity index (χ2n) is 5.50. The van der Waals surface area contributed by atoms with E-state index < -0.39 is 11.6 Å². The van der Waals surface area contributed by atoms with Crippen LogP contribution in [0.3, 0.4) is 0 Å². The molecule has 2 aliphatic carbocycles. The van der Waals surface area contributed by atoms with Gasteiger partial charge in [0.05, 0.1) is 4.47 Å². The van der Waals surface area contributed by atoms with Crippen molar-refractivity contribution >= 4 is 15.9 Å². The molecule has 0 amide bonds. The average molecular weight is 316 g/mol. The molecule has 98 valence electrons. The van der Waals surface area contributed by atoms with Crippen molar-refractivity contribution in [2.24, 2.45) is 23.5 Å². The van der Waals surface area contributed by atoms with Crippen LogP contribution in [0.4, 0.5) is 8.78 Å². The van der Waals surface area contributed by atoms with E-state index in [1.807, 2.05) is 0 Å². The van der Waals surface area contributed by atoms with Gasteiger partial charge in [0.1, 0.15) is 11.6 Å². The Hall–Kier alpha value is -0.480. The van der Waals surface area contributed by atoms with Gasteiger partial charge in [-0.25, -0.2) is 8.78 Å². The third kappa shape index (κ3) is 1.99. The van der Waals surface area contributed by atoms with Crippen molar-refractivity contribution in [3.63, 3.8) is 0 Å². The van der Waals surface area contributed by atoms with Gasteiger partial charge in [-0.15, -0.1) is 0 Å². The zero-order valence-corrected chi connectivity index (χ0v) is 11.6. The first-order chi connectivity index (χ1) is 8.59. The first kappa shape index (κ1) is 12.5. The number of nitrogens with two attached hydrogens (primary N) is 1. The molecule has 3 atom stereocenters. The van der Waals surface area contributed by atoms with Gasteiger partial charge in [-0.05, 0) is 58.7 Å². The quantitative estimate of drug-likeness (QED) is 0.815. The maximum Gasteiger partial charge on any atom is 0.137 e. The van der Waals surface area contributed by atoms with Crippen LogP contribution in [0.5, 0.6) is 0 Å². The summed E-state index contributed by atoms with van der Waals surface area (Å²) in [6.07, 6.45) is 4.90. The van der Waals surface area contributed by atoms with Crippen LogP contribution in [-0.2, 0) is 0 Å². The van der Waals surface area contributed by atoms with Crippen LogP contribution in [0.15, 0.2) is 16.6 Å². The summed E-state index contributed by atoms with van der Waals surface area (Å²) < 4.78 is 27.5. The lowest BCUT2D eigenvalue weighted by Crippen LogP contribution is -2.16. The molecule has 2 aliphatic rings. The number of hydrogen-bond acceptors (Lipinski definition) is 1. The third-order valence-electron chi connectivity index (χ3n) is 4.54. The van der Waals surface area contributed by atoms with Gasteiger partial charge >= 0.3 is 0 Å². The fourth-order valence-electron chi connectivity index (χ4n) is 3.58. The van der Waals surface area contributed by atoms with Crippen molar-refractivity contribution < 1.29 is 8.78 Å². The summed E-state index contributed by atoms with van der Waals surface area (Å²) in [7, 11) is 0. The van der Waals surface area contributed by atoms with E-state index in [1.165, 1.54) is 37.8 Å². The summed E-state index contributed by atoms with van der Waals surface area (Å²) in [5.74, 6) is 0.784. The smallest absolute Gasteiger partial charge is 0.137 e. The van der Waals surface area contributed by atoms with E-state index in [1.54, 1.807) is 0 Å². The molecule has 1 aromatic rings. The van der Waals surface area contributed by atoms with Crippen LogP contribution < -0.4 is 5.73 Å². The molecule has 18 heavy (non-hydrogen) atoms. The molecule has 1 aromatic carbocycles. The Bertz CT molecular complexity index is 465. The zero-order chi connectivity index (χ0) is 12.9. The van der Waals surface area contributed by atoms with Crippen molar-refractivity contribution in [3.8, 4) is 0 Å². The predicted molar refractivity (Wildman–Crippen MR) is 69.9 cm³/mol. The summed E-state index contributed by atoms with van der Waals surface area (Å²) in [6.45, 7) is 0. The highest BCUT2D eigenvalue weighted by atomic mass is 79.9. The van der Waals surface area contributed by atoms with E-state index in [0.717, 1.165) is 0 Å². The van der Waals surface area contributed by atoms with Gasteiger partial charge in [0.2, 0.25) is 0 Å². The van der Waals surface area contributed by atoms with E-state index in [-0.39, 0.29) is 10.5 Å². The minimum atomic E-state index is -0.439. The number of rotatable bonds is 2. The molecular formula is C14H16BrF2N. The van der Waals surface area contributed by atoms with Gasteiger partial charge in [-0.3, -0.25) is 0 Å². The van der Waals surface area contributed by atoms with Crippen LogP contribution in [0, 0.1) is 29.4 Å². The maximum atomic E-state index is 13.9. The average Bonchev–Trinajstić information content (AvgIpc) is 3.07. The molecule has 0 aliphatic heterocycles. The largest absolute Gasteiger partial charge is 0.324 e. The second kappa shape index (κ2) is 4.57. The van der Waals surface area contributed by atoms with Crippen LogP contribution in [0.2, 0.25) is 0 Å². The van der Waals surface area contributed by atoms with E-state index in [4.69, 9.17) is 5.73 Å². The molecule has 0 spiro atoms. The van der Waals surface area contributed by atoms with E-state index >= 15 is 0 Å². The summed E-state index contributed by atoms with van der Waals surface area (Å²) in [5.41, 5.74) is 6.49. The van der Waals surface area contributed by atoms with Crippen molar-refractivity contribution in [2.75, 3.05) is 0 Å². The minimum absolute atomic E-state index is 0.157. The van der Waals surface area contributed by atoms with Crippen molar-refractivity contribution in [3.05, 3.63) is 33.8 Å². The summed E-state index contributed by atoms with van der Waals surface area (Å²) >= 11 is 2.99. The molecule has 3 rings (SSSR count). The van der Waals surface area contributed by atoms with Crippen LogP contribution >= 0.6 is 15.9 Å². The molecule has 2 fully saturated rings. The van der Waals surface area contributed by atoms with Crippen LogP contribution in [0.1, 0.15) is 37.3 Å². The van der Waals surface area contributed by atoms with Gasteiger partial charge in [-0.2, -0.15) is 0 Å². The molecule has 3 unspecified atom stereocenters. The van der Waals surface area contributed by atoms with Gasteiger partial charge in [-0.1, -0.05) is 12.8 Å². The molecule has 0 saturated heterocycles. The molecule has 0 heterocycles. The maximum absolute atomic E-state index is 13.9. The molecule has 1 nitrogen and oxygen atoms in total. The van der Waals surface area contributed by atoms with Crippen LogP contribution in [0.25, 0.3) is 0 Å². The lowest BCUT2D eigenvalue weighted by atomic mass is 10.00. The van der Waals surface area contributed by atoms with Crippen molar-refractivity contribution in [1.29, 1.82) is 0 Å². The van der Waals surface area contributed by atoms with Crippen LogP contribution in [-0.4, -0.2) is 0 Å². The summed E-state index contributed by atoms with van der Waals surface area (Å²) in [4.78, 5) is 0. The van der Waals surface area contributed by atoms with Gasteiger partial charge in [0, 0.05) is 11.6 Å². The Labute approximate surface area is 114 Å². The number of fused-ring (bicyclic) bond motifs is 1. The fourth-order valence-corrected chi connectivity index (χ4v) is 3.90. The fraction of sp³-hybridized carbons (Fsp3) is 0.571.